The number of aliphatic carboxylic acids is 1. The van der Waals surface area contributed by atoms with E-state index >= 15 is 0 Å². The lowest BCUT2D eigenvalue weighted by Crippen LogP contribution is -2.14. The SMILES string of the molecule is CC(CC(=O)O)Cn1nnnc1-c1csnn1. The summed E-state index contributed by atoms with van der Waals surface area (Å²) in [5, 5.41) is 25.5. The molecule has 0 saturated heterocycles. The smallest absolute Gasteiger partial charge is 0.303 e. The van der Waals surface area contributed by atoms with E-state index in [1.54, 1.807) is 10.1 Å². The van der Waals surface area contributed by atoms with Crippen LogP contribution in [0, 0.1) is 5.92 Å². The van der Waals surface area contributed by atoms with Gasteiger partial charge >= 0.3 is 5.97 Å². The summed E-state index contributed by atoms with van der Waals surface area (Å²) >= 11 is 1.21. The van der Waals surface area contributed by atoms with Gasteiger partial charge in [-0.2, -0.15) is 0 Å². The van der Waals surface area contributed by atoms with Crippen LogP contribution in [0.2, 0.25) is 0 Å². The predicted molar refractivity (Wildman–Crippen MR) is 58.1 cm³/mol. The summed E-state index contributed by atoms with van der Waals surface area (Å²) in [4.78, 5) is 10.6. The lowest BCUT2D eigenvalue weighted by Gasteiger charge is -2.08. The van der Waals surface area contributed by atoms with E-state index < -0.39 is 5.97 Å². The van der Waals surface area contributed by atoms with Crippen molar-refractivity contribution in [2.45, 2.75) is 19.9 Å². The van der Waals surface area contributed by atoms with E-state index in [2.05, 4.69) is 25.1 Å². The predicted octanol–water partition coefficient (Wildman–Crippen LogP) is 0.302. The van der Waals surface area contributed by atoms with Crippen molar-refractivity contribution >= 4 is 17.5 Å². The number of carboxylic acid groups (broad SMARTS) is 1. The van der Waals surface area contributed by atoms with Crippen molar-refractivity contribution in [2.75, 3.05) is 0 Å². The zero-order valence-corrected chi connectivity index (χ0v) is 9.83. The van der Waals surface area contributed by atoms with Crippen molar-refractivity contribution in [3.8, 4) is 11.5 Å². The Morgan fingerprint density at radius 3 is 3.06 bits per heavy atom. The van der Waals surface area contributed by atoms with Crippen molar-refractivity contribution < 1.29 is 9.90 Å². The third-order valence-electron chi connectivity index (χ3n) is 2.13. The summed E-state index contributed by atoms with van der Waals surface area (Å²) in [5.74, 6) is -0.375. The summed E-state index contributed by atoms with van der Waals surface area (Å²) in [6, 6.07) is 0. The lowest BCUT2D eigenvalue weighted by molar-refractivity contribution is -0.138. The van der Waals surface area contributed by atoms with Gasteiger partial charge in [0, 0.05) is 18.3 Å². The van der Waals surface area contributed by atoms with Crippen LogP contribution < -0.4 is 0 Å². The Kier molecular flexibility index (Phi) is 3.38. The van der Waals surface area contributed by atoms with Crippen LogP contribution in [0.25, 0.3) is 11.5 Å². The van der Waals surface area contributed by atoms with E-state index in [-0.39, 0.29) is 12.3 Å². The molecule has 0 radical (unpaired) electrons. The van der Waals surface area contributed by atoms with Crippen LogP contribution in [0.3, 0.4) is 0 Å². The molecule has 0 spiro atoms. The van der Waals surface area contributed by atoms with Gasteiger partial charge in [0.05, 0.1) is 0 Å². The van der Waals surface area contributed by atoms with Crippen LogP contribution in [-0.2, 0) is 11.3 Å². The summed E-state index contributed by atoms with van der Waals surface area (Å²) < 4.78 is 5.28. The molecule has 0 amide bonds. The van der Waals surface area contributed by atoms with Crippen LogP contribution in [0.1, 0.15) is 13.3 Å². The van der Waals surface area contributed by atoms with Crippen LogP contribution in [-0.4, -0.2) is 40.9 Å². The molecular weight excluding hydrogens is 244 g/mol. The molecule has 0 aliphatic carbocycles. The maximum Gasteiger partial charge on any atom is 0.303 e. The number of hydrogen-bond donors (Lipinski definition) is 1. The fourth-order valence-electron chi connectivity index (χ4n) is 1.43. The molecular formula is C8H10N6O2S. The zero-order chi connectivity index (χ0) is 12.3. The van der Waals surface area contributed by atoms with Gasteiger partial charge in [-0.3, -0.25) is 4.79 Å². The number of nitrogens with zero attached hydrogens (tertiary/aromatic N) is 6. The lowest BCUT2D eigenvalue weighted by atomic mass is 10.1. The number of carbonyl (C=O) groups is 1. The third-order valence-corrected chi connectivity index (χ3v) is 2.63. The zero-order valence-electron chi connectivity index (χ0n) is 9.02. The van der Waals surface area contributed by atoms with Gasteiger partial charge < -0.3 is 5.11 Å². The fourth-order valence-corrected chi connectivity index (χ4v) is 1.87. The number of tetrazole rings is 1. The molecule has 2 heterocycles. The molecule has 1 unspecified atom stereocenters. The number of carboxylic acids is 1. The second kappa shape index (κ2) is 4.95. The van der Waals surface area contributed by atoms with Crippen molar-refractivity contribution in [1.82, 2.24) is 29.8 Å². The van der Waals surface area contributed by atoms with Crippen LogP contribution in [0.15, 0.2) is 5.38 Å². The van der Waals surface area contributed by atoms with Gasteiger partial charge in [0.1, 0.15) is 5.69 Å². The Balaban J connectivity index is 2.12. The maximum atomic E-state index is 10.6. The highest BCUT2D eigenvalue weighted by Gasteiger charge is 2.15. The molecule has 90 valence electrons. The number of hydrogen-bond acceptors (Lipinski definition) is 7. The molecule has 0 bridgehead atoms. The molecule has 0 fully saturated rings. The highest BCUT2D eigenvalue weighted by Crippen LogP contribution is 2.15. The second-order valence-electron chi connectivity index (χ2n) is 3.68. The molecule has 0 aliphatic rings. The largest absolute Gasteiger partial charge is 0.481 e. The summed E-state index contributed by atoms with van der Waals surface area (Å²) in [6.07, 6.45) is 0.0780. The molecule has 8 nitrogen and oxygen atoms in total. The van der Waals surface area contributed by atoms with E-state index in [9.17, 15) is 4.79 Å². The number of aromatic nitrogens is 6. The van der Waals surface area contributed by atoms with Crippen molar-refractivity contribution in [1.29, 1.82) is 0 Å². The minimum atomic E-state index is -0.831. The molecule has 17 heavy (non-hydrogen) atoms. The molecule has 1 N–H and O–H groups in total. The van der Waals surface area contributed by atoms with Gasteiger partial charge in [0.25, 0.3) is 0 Å². The van der Waals surface area contributed by atoms with E-state index in [1.807, 2.05) is 6.92 Å². The highest BCUT2D eigenvalue weighted by molar-refractivity contribution is 7.03. The quantitative estimate of drug-likeness (QED) is 0.817. The first kappa shape index (κ1) is 11.6. The maximum absolute atomic E-state index is 10.6. The second-order valence-corrected chi connectivity index (χ2v) is 4.29. The molecule has 0 saturated carbocycles. The average Bonchev–Trinajstić information content (AvgIpc) is 2.84. The average molecular weight is 254 g/mol. The van der Waals surface area contributed by atoms with Gasteiger partial charge in [-0.05, 0) is 27.9 Å². The molecule has 0 aliphatic heterocycles. The molecule has 2 aromatic rings. The van der Waals surface area contributed by atoms with Crippen LogP contribution in [0.4, 0.5) is 0 Å². The van der Waals surface area contributed by atoms with Gasteiger partial charge in [0.15, 0.2) is 0 Å². The standard InChI is InChI=1S/C8H10N6O2S/c1-5(2-7(15)16)3-14-8(10-11-12-14)6-4-17-13-9-6/h4-5H,2-3H2,1H3,(H,15,16). The van der Waals surface area contributed by atoms with Crippen molar-refractivity contribution in [3.05, 3.63) is 5.38 Å². The Morgan fingerprint density at radius 2 is 2.41 bits per heavy atom. The first-order valence-electron chi connectivity index (χ1n) is 4.92. The first-order chi connectivity index (χ1) is 8.16. The summed E-state index contributed by atoms with van der Waals surface area (Å²) in [6.45, 7) is 2.27. The Bertz CT molecular complexity index is 496. The number of rotatable bonds is 5. The molecule has 2 aromatic heterocycles. The van der Waals surface area contributed by atoms with Gasteiger partial charge in [-0.1, -0.05) is 11.4 Å². The monoisotopic (exact) mass is 254 g/mol. The van der Waals surface area contributed by atoms with Gasteiger partial charge in [0.2, 0.25) is 5.82 Å². The van der Waals surface area contributed by atoms with E-state index in [4.69, 9.17) is 5.11 Å². The van der Waals surface area contributed by atoms with Crippen molar-refractivity contribution in [3.63, 3.8) is 0 Å². The minimum absolute atomic E-state index is 0.0543. The topological polar surface area (TPSA) is 107 Å². The molecule has 1 atom stereocenters. The Hall–Kier alpha value is -1.90. The highest BCUT2D eigenvalue weighted by atomic mass is 32.1. The van der Waals surface area contributed by atoms with Crippen molar-refractivity contribution in [2.24, 2.45) is 5.92 Å². The van der Waals surface area contributed by atoms with E-state index in [0.717, 1.165) is 0 Å². The molecule has 2 rings (SSSR count). The third kappa shape index (κ3) is 2.81. The summed E-state index contributed by atoms with van der Waals surface area (Å²) in [5.41, 5.74) is 0.600. The van der Waals surface area contributed by atoms with E-state index in [1.165, 1.54) is 11.5 Å². The van der Waals surface area contributed by atoms with Crippen LogP contribution in [0.5, 0.6) is 0 Å². The van der Waals surface area contributed by atoms with Crippen LogP contribution >= 0.6 is 11.5 Å². The normalized spacial score (nSPS) is 12.5. The first-order valence-corrected chi connectivity index (χ1v) is 5.76. The minimum Gasteiger partial charge on any atom is -0.481 e. The summed E-state index contributed by atoms with van der Waals surface area (Å²) in [7, 11) is 0. The Labute approximate surface area is 100 Å². The van der Waals surface area contributed by atoms with Gasteiger partial charge in [-0.15, -0.1) is 10.2 Å². The van der Waals surface area contributed by atoms with Gasteiger partial charge in [-0.25, -0.2) is 4.68 Å². The van der Waals surface area contributed by atoms with E-state index in [0.29, 0.717) is 18.1 Å². The molecule has 9 heteroatoms. The fraction of sp³-hybridized carbons (Fsp3) is 0.500. The Morgan fingerprint density at radius 1 is 1.59 bits per heavy atom. The molecule has 0 aromatic carbocycles.